The lowest BCUT2D eigenvalue weighted by Gasteiger charge is -2.20. The Morgan fingerprint density at radius 3 is 2.64 bits per heavy atom. The minimum Gasteiger partial charge on any atom is -0.472 e. The van der Waals surface area contributed by atoms with E-state index in [1.165, 1.54) is 15.6 Å². The van der Waals surface area contributed by atoms with E-state index in [-0.39, 0.29) is 0 Å². The molecule has 0 atom stereocenters. The molecule has 3 aromatic heterocycles. The highest BCUT2D eigenvalue weighted by atomic mass is 32.2. The standard InChI is InChI=1S/C15H15NO3S3/c1-12-4-5-15(21-12)22(17,18)16(9-13-6-7-19-11-13)10-14-3-2-8-20-14/h2-8,11H,9-10H2,1H3. The van der Waals surface area contributed by atoms with Crippen molar-refractivity contribution in [3.05, 3.63) is 63.6 Å². The summed E-state index contributed by atoms with van der Waals surface area (Å²) in [4.78, 5) is 2.00. The number of furan rings is 1. The molecule has 0 aliphatic carbocycles. The van der Waals surface area contributed by atoms with Gasteiger partial charge in [-0.25, -0.2) is 8.42 Å². The number of nitrogens with zero attached hydrogens (tertiary/aromatic N) is 1. The maximum absolute atomic E-state index is 12.9. The average molecular weight is 353 g/mol. The van der Waals surface area contributed by atoms with Crippen LogP contribution in [0.3, 0.4) is 0 Å². The summed E-state index contributed by atoms with van der Waals surface area (Å²) in [5, 5.41) is 1.95. The molecule has 0 N–H and O–H groups in total. The fourth-order valence-corrected chi connectivity index (χ4v) is 5.71. The molecule has 116 valence electrons. The van der Waals surface area contributed by atoms with Crippen molar-refractivity contribution in [1.82, 2.24) is 4.31 Å². The fraction of sp³-hybridized carbons (Fsp3) is 0.200. The van der Waals surface area contributed by atoms with Crippen molar-refractivity contribution < 1.29 is 12.8 Å². The summed E-state index contributed by atoms with van der Waals surface area (Å²) in [6.07, 6.45) is 3.14. The maximum Gasteiger partial charge on any atom is 0.253 e. The Hall–Kier alpha value is -1.41. The van der Waals surface area contributed by atoms with Gasteiger partial charge in [-0.15, -0.1) is 22.7 Å². The van der Waals surface area contributed by atoms with Gasteiger partial charge < -0.3 is 4.42 Å². The Kier molecular flexibility index (Phi) is 4.49. The number of aryl methyl sites for hydroxylation is 1. The molecule has 3 aromatic rings. The number of thiophene rings is 2. The van der Waals surface area contributed by atoms with E-state index in [4.69, 9.17) is 4.42 Å². The molecule has 0 aliphatic heterocycles. The normalized spacial score (nSPS) is 12.1. The van der Waals surface area contributed by atoms with Gasteiger partial charge in [0, 0.05) is 28.4 Å². The zero-order chi connectivity index (χ0) is 15.6. The van der Waals surface area contributed by atoms with Crippen LogP contribution in [0.25, 0.3) is 0 Å². The first-order chi connectivity index (χ1) is 10.6. The van der Waals surface area contributed by atoms with Crippen LogP contribution in [0.4, 0.5) is 0 Å². The van der Waals surface area contributed by atoms with Gasteiger partial charge >= 0.3 is 0 Å². The summed E-state index contributed by atoms with van der Waals surface area (Å²) in [5.74, 6) is 0. The molecule has 3 rings (SSSR count). The zero-order valence-electron chi connectivity index (χ0n) is 11.9. The molecule has 0 fully saturated rings. The second kappa shape index (κ2) is 6.37. The third-order valence-electron chi connectivity index (χ3n) is 3.16. The molecule has 0 saturated heterocycles. The molecule has 0 unspecified atom stereocenters. The highest BCUT2D eigenvalue weighted by molar-refractivity contribution is 7.91. The van der Waals surface area contributed by atoms with Crippen LogP contribution in [-0.2, 0) is 23.1 Å². The Morgan fingerprint density at radius 2 is 2.05 bits per heavy atom. The van der Waals surface area contributed by atoms with E-state index in [1.54, 1.807) is 36.0 Å². The summed E-state index contributed by atoms with van der Waals surface area (Å²) in [5.41, 5.74) is 0.841. The van der Waals surface area contributed by atoms with Crippen molar-refractivity contribution in [3.63, 3.8) is 0 Å². The third kappa shape index (κ3) is 3.33. The van der Waals surface area contributed by atoms with Crippen LogP contribution in [0.5, 0.6) is 0 Å². The third-order valence-corrected chi connectivity index (χ3v) is 7.28. The summed E-state index contributed by atoms with van der Waals surface area (Å²) >= 11 is 2.85. The molecule has 7 heteroatoms. The zero-order valence-corrected chi connectivity index (χ0v) is 14.4. The summed E-state index contributed by atoms with van der Waals surface area (Å²) in [7, 11) is -3.52. The van der Waals surface area contributed by atoms with E-state index in [1.807, 2.05) is 30.5 Å². The first kappa shape index (κ1) is 15.5. The Balaban J connectivity index is 1.93. The van der Waals surface area contributed by atoms with Crippen molar-refractivity contribution in [2.24, 2.45) is 0 Å². The van der Waals surface area contributed by atoms with Gasteiger partial charge in [0.25, 0.3) is 10.0 Å². The molecule has 0 aliphatic rings. The number of hydrogen-bond acceptors (Lipinski definition) is 5. The first-order valence-corrected chi connectivity index (χ1v) is 9.79. The topological polar surface area (TPSA) is 50.5 Å². The van der Waals surface area contributed by atoms with Gasteiger partial charge in [-0.05, 0) is 36.6 Å². The second-order valence-electron chi connectivity index (χ2n) is 4.85. The summed E-state index contributed by atoms with van der Waals surface area (Å²) in [6, 6.07) is 9.17. The SMILES string of the molecule is Cc1ccc(S(=O)(=O)N(Cc2ccoc2)Cc2cccs2)s1. The lowest BCUT2D eigenvalue weighted by Crippen LogP contribution is -2.29. The maximum atomic E-state index is 12.9. The van der Waals surface area contributed by atoms with Crippen molar-refractivity contribution in [2.75, 3.05) is 0 Å². The molecule has 0 radical (unpaired) electrons. The van der Waals surface area contributed by atoms with Crippen LogP contribution >= 0.6 is 22.7 Å². The second-order valence-corrected chi connectivity index (χ2v) is 9.33. The van der Waals surface area contributed by atoms with Crippen molar-refractivity contribution >= 4 is 32.7 Å². The van der Waals surface area contributed by atoms with Crippen molar-refractivity contribution in [1.29, 1.82) is 0 Å². The molecule has 0 spiro atoms. The van der Waals surface area contributed by atoms with Gasteiger partial charge in [0.15, 0.2) is 0 Å². The average Bonchev–Trinajstić information content (AvgIpc) is 3.19. The fourth-order valence-electron chi connectivity index (χ4n) is 2.07. The molecule has 22 heavy (non-hydrogen) atoms. The van der Waals surface area contributed by atoms with E-state index in [9.17, 15) is 8.42 Å². The van der Waals surface area contributed by atoms with Crippen LogP contribution in [-0.4, -0.2) is 12.7 Å². The molecular formula is C15H15NO3S3. The van der Waals surface area contributed by atoms with Crippen LogP contribution in [0, 0.1) is 6.92 Å². The predicted octanol–water partition coefficient (Wildman–Crippen LogP) is 4.10. The monoisotopic (exact) mass is 353 g/mol. The minimum absolute atomic E-state index is 0.299. The Morgan fingerprint density at radius 1 is 1.18 bits per heavy atom. The number of rotatable bonds is 6. The molecule has 4 nitrogen and oxygen atoms in total. The van der Waals surface area contributed by atoms with Gasteiger partial charge in [-0.1, -0.05) is 6.07 Å². The molecular weight excluding hydrogens is 338 g/mol. The largest absolute Gasteiger partial charge is 0.472 e. The smallest absolute Gasteiger partial charge is 0.253 e. The lowest BCUT2D eigenvalue weighted by atomic mass is 10.3. The van der Waals surface area contributed by atoms with Gasteiger partial charge in [0.05, 0.1) is 12.5 Å². The van der Waals surface area contributed by atoms with Crippen LogP contribution < -0.4 is 0 Å². The van der Waals surface area contributed by atoms with Gasteiger partial charge in [-0.2, -0.15) is 4.31 Å². The Bertz CT molecular complexity index is 781. The van der Waals surface area contributed by atoms with E-state index in [0.717, 1.165) is 15.3 Å². The lowest BCUT2D eigenvalue weighted by molar-refractivity contribution is 0.403. The van der Waals surface area contributed by atoms with Crippen molar-refractivity contribution in [2.45, 2.75) is 24.2 Å². The highest BCUT2D eigenvalue weighted by Crippen LogP contribution is 2.27. The summed E-state index contributed by atoms with van der Waals surface area (Å²) < 4.78 is 32.7. The van der Waals surface area contributed by atoms with Crippen molar-refractivity contribution in [3.8, 4) is 0 Å². The molecule has 0 bridgehead atoms. The number of sulfonamides is 1. The van der Waals surface area contributed by atoms with E-state index < -0.39 is 10.0 Å². The quantitative estimate of drug-likeness (QED) is 0.670. The molecule has 0 saturated carbocycles. The highest BCUT2D eigenvalue weighted by Gasteiger charge is 2.27. The molecule has 3 heterocycles. The van der Waals surface area contributed by atoms with Gasteiger partial charge in [0.2, 0.25) is 0 Å². The minimum atomic E-state index is -3.52. The van der Waals surface area contributed by atoms with E-state index in [2.05, 4.69) is 0 Å². The predicted molar refractivity (Wildman–Crippen MR) is 88.5 cm³/mol. The van der Waals surface area contributed by atoms with Gasteiger partial charge in [-0.3, -0.25) is 0 Å². The summed E-state index contributed by atoms with van der Waals surface area (Å²) in [6.45, 7) is 2.57. The molecule has 0 amide bonds. The number of hydrogen-bond donors (Lipinski definition) is 0. The van der Waals surface area contributed by atoms with E-state index in [0.29, 0.717) is 17.3 Å². The molecule has 0 aromatic carbocycles. The van der Waals surface area contributed by atoms with Crippen LogP contribution in [0.2, 0.25) is 0 Å². The first-order valence-electron chi connectivity index (χ1n) is 6.66. The van der Waals surface area contributed by atoms with Crippen LogP contribution in [0.1, 0.15) is 15.3 Å². The van der Waals surface area contributed by atoms with Gasteiger partial charge in [0.1, 0.15) is 4.21 Å². The van der Waals surface area contributed by atoms with E-state index >= 15 is 0 Å². The Labute approximate surface area is 137 Å². The van der Waals surface area contributed by atoms with Crippen LogP contribution in [0.15, 0.2) is 56.9 Å².